The van der Waals surface area contributed by atoms with Crippen LogP contribution in [-0.4, -0.2) is 33.8 Å². The lowest BCUT2D eigenvalue weighted by molar-refractivity contribution is -0.384. The molecule has 1 aromatic rings. The molecule has 11 heteroatoms. The van der Waals surface area contributed by atoms with Crippen LogP contribution in [-0.2, 0) is 0 Å². The Balaban J connectivity index is 2.92. The highest BCUT2D eigenvalue weighted by Crippen LogP contribution is 2.30. The molecule has 0 saturated heterocycles. The lowest BCUT2D eigenvalue weighted by Crippen LogP contribution is -2.35. The van der Waals surface area contributed by atoms with Gasteiger partial charge in [-0.3, -0.25) is 10.1 Å². The average molecular weight is 289 g/mol. The van der Waals surface area contributed by atoms with Gasteiger partial charge in [0.2, 0.25) is 11.0 Å². The summed E-state index contributed by atoms with van der Waals surface area (Å²) in [5, 5.41) is 11.7. The molecule has 1 N–H and O–H groups in total. The number of hydrogen-bond acceptors (Lipinski definition) is 5. The number of alkyl halides is 4. The predicted molar refractivity (Wildman–Crippen MR) is 53.1 cm³/mol. The molecule has 0 amide bonds. The maximum atomic E-state index is 12.6. The van der Waals surface area contributed by atoms with Crippen molar-refractivity contribution in [2.45, 2.75) is 12.3 Å². The molecule has 0 aromatic carbocycles. The average Bonchev–Trinajstić information content (AvgIpc) is 2.25. The van der Waals surface area contributed by atoms with Gasteiger partial charge in [-0.05, 0) is 0 Å². The Kier molecular flexibility index (Phi) is 4.22. The number of nitro groups is 1. The lowest BCUT2D eigenvalue weighted by Gasteiger charge is -2.15. The third kappa shape index (κ3) is 3.15. The molecule has 0 fully saturated rings. The van der Waals surface area contributed by atoms with Crippen LogP contribution in [0.3, 0.4) is 0 Å². The van der Waals surface area contributed by atoms with Crippen molar-refractivity contribution >= 4 is 23.1 Å². The van der Waals surface area contributed by atoms with Gasteiger partial charge in [0.15, 0.2) is 0 Å². The largest absolute Gasteiger partial charge is 0.358 e. The van der Waals surface area contributed by atoms with Gasteiger partial charge >= 0.3 is 18.0 Å². The molecule has 0 aliphatic carbocycles. The molecular formula is C7H5ClF4N4O2. The third-order valence-electron chi connectivity index (χ3n) is 1.77. The van der Waals surface area contributed by atoms with E-state index in [-0.39, 0.29) is 0 Å². The smallest absolute Gasteiger partial charge is 0.348 e. The van der Waals surface area contributed by atoms with Crippen molar-refractivity contribution < 1.29 is 22.5 Å². The van der Waals surface area contributed by atoms with Gasteiger partial charge in [0, 0.05) is 0 Å². The molecule has 0 unspecified atom stereocenters. The molecule has 1 heterocycles. The number of halogens is 5. The highest BCUT2D eigenvalue weighted by molar-refractivity contribution is 6.31. The van der Waals surface area contributed by atoms with E-state index in [4.69, 9.17) is 11.6 Å². The molecule has 6 nitrogen and oxygen atoms in total. The Hall–Kier alpha value is -1.71. The molecule has 0 radical (unpaired) electrons. The number of hydrogen-bond donors (Lipinski definition) is 1. The summed E-state index contributed by atoms with van der Waals surface area (Å²) in [6, 6.07) is 0. The van der Waals surface area contributed by atoms with Gasteiger partial charge in [0.25, 0.3) is 0 Å². The van der Waals surface area contributed by atoms with E-state index < -0.39 is 40.5 Å². The second-order valence-corrected chi connectivity index (χ2v) is 3.39. The third-order valence-corrected chi connectivity index (χ3v) is 2.05. The van der Waals surface area contributed by atoms with E-state index in [0.29, 0.717) is 0 Å². The summed E-state index contributed by atoms with van der Waals surface area (Å²) >= 11 is 5.37. The van der Waals surface area contributed by atoms with Crippen LogP contribution in [0.2, 0.25) is 5.15 Å². The summed E-state index contributed by atoms with van der Waals surface area (Å²) < 4.78 is 49.0. The zero-order valence-corrected chi connectivity index (χ0v) is 9.17. The van der Waals surface area contributed by atoms with Crippen LogP contribution in [0.25, 0.3) is 0 Å². The Morgan fingerprint density at radius 2 is 2.11 bits per heavy atom. The second-order valence-electron chi connectivity index (χ2n) is 3.03. The van der Waals surface area contributed by atoms with Crippen molar-refractivity contribution in [1.82, 2.24) is 9.97 Å². The Morgan fingerprint density at radius 3 is 2.61 bits per heavy atom. The fourth-order valence-corrected chi connectivity index (χ4v) is 1.13. The standard InChI is InChI=1S/C7H5ClF4N4O2/c8-4-3(16(17)18)5(15-2-14-4)13-1-7(11,12)6(9)10/h2,6H,1H2,(H,13,14,15). The highest BCUT2D eigenvalue weighted by atomic mass is 35.5. The topological polar surface area (TPSA) is 81.0 Å². The number of rotatable bonds is 5. The van der Waals surface area contributed by atoms with E-state index in [2.05, 4.69) is 9.97 Å². The number of nitrogens with zero attached hydrogens (tertiary/aromatic N) is 3. The van der Waals surface area contributed by atoms with Crippen LogP contribution in [0.4, 0.5) is 29.1 Å². The molecular weight excluding hydrogens is 284 g/mol. The van der Waals surface area contributed by atoms with Crippen LogP contribution >= 0.6 is 11.6 Å². The van der Waals surface area contributed by atoms with Gasteiger partial charge < -0.3 is 5.32 Å². The molecule has 1 rings (SSSR count). The van der Waals surface area contributed by atoms with Gasteiger partial charge in [0.05, 0.1) is 11.5 Å². The Morgan fingerprint density at radius 1 is 1.50 bits per heavy atom. The van der Waals surface area contributed by atoms with Crippen LogP contribution in [0.15, 0.2) is 6.33 Å². The molecule has 0 spiro atoms. The first-order valence-corrected chi connectivity index (χ1v) is 4.68. The minimum atomic E-state index is -4.34. The van der Waals surface area contributed by atoms with Crippen molar-refractivity contribution in [2.75, 3.05) is 11.9 Å². The van der Waals surface area contributed by atoms with Crippen molar-refractivity contribution in [3.05, 3.63) is 21.6 Å². The normalized spacial score (nSPS) is 11.7. The quantitative estimate of drug-likeness (QED) is 0.389. The molecule has 0 aliphatic rings. The molecule has 18 heavy (non-hydrogen) atoms. The minimum Gasteiger partial charge on any atom is -0.358 e. The highest BCUT2D eigenvalue weighted by Gasteiger charge is 2.41. The number of anilines is 1. The van der Waals surface area contributed by atoms with Crippen LogP contribution in [0.5, 0.6) is 0 Å². The summed E-state index contributed by atoms with van der Waals surface area (Å²) in [4.78, 5) is 16.1. The maximum Gasteiger partial charge on any atom is 0.348 e. The van der Waals surface area contributed by atoms with Crippen LogP contribution in [0.1, 0.15) is 0 Å². The molecule has 100 valence electrons. The van der Waals surface area contributed by atoms with E-state index in [1.54, 1.807) is 5.32 Å². The van der Waals surface area contributed by atoms with Crippen molar-refractivity contribution in [1.29, 1.82) is 0 Å². The Bertz CT molecular complexity index is 459. The Labute approximate surface area is 102 Å². The van der Waals surface area contributed by atoms with Crippen LogP contribution < -0.4 is 5.32 Å². The van der Waals surface area contributed by atoms with E-state index in [1.165, 1.54) is 0 Å². The molecule has 0 bridgehead atoms. The number of nitrogens with one attached hydrogen (secondary N) is 1. The summed E-state index contributed by atoms with van der Waals surface area (Å²) in [6.07, 6.45) is -3.13. The molecule has 0 saturated carbocycles. The molecule has 1 aromatic heterocycles. The zero-order valence-electron chi connectivity index (χ0n) is 8.41. The van der Waals surface area contributed by atoms with Gasteiger partial charge in [-0.2, -0.15) is 8.78 Å². The van der Waals surface area contributed by atoms with Crippen molar-refractivity contribution in [2.24, 2.45) is 0 Å². The fourth-order valence-electron chi connectivity index (χ4n) is 0.927. The predicted octanol–water partition coefficient (Wildman–Crippen LogP) is 2.35. The zero-order chi connectivity index (χ0) is 13.9. The van der Waals surface area contributed by atoms with E-state index in [0.717, 1.165) is 6.33 Å². The summed E-state index contributed by atoms with van der Waals surface area (Å²) in [5.41, 5.74) is -0.857. The van der Waals surface area contributed by atoms with Gasteiger partial charge in [-0.15, -0.1) is 0 Å². The van der Waals surface area contributed by atoms with Gasteiger partial charge in [-0.1, -0.05) is 11.6 Å². The maximum absolute atomic E-state index is 12.6. The van der Waals surface area contributed by atoms with Crippen LogP contribution in [0, 0.1) is 10.1 Å². The van der Waals surface area contributed by atoms with Crippen molar-refractivity contribution in [3.8, 4) is 0 Å². The first-order chi connectivity index (χ1) is 8.25. The van der Waals surface area contributed by atoms with Gasteiger partial charge in [-0.25, -0.2) is 18.7 Å². The summed E-state index contributed by atoms with van der Waals surface area (Å²) in [7, 11) is 0. The van der Waals surface area contributed by atoms with E-state index in [1.807, 2.05) is 0 Å². The second kappa shape index (κ2) is 5.29. The molecule has 0 atom stereocenters. The molecule has 0 aliphatic heterocycles. The van der Waals surface area contributed by atoms with Crippen molar-refractivity contribution in [3.63, 3.8) is 0 Å². The first kappa shape index (κ1) is 14.4. The monoisotopic (exact) mass is 288 g/mol. The summed E-state index contributed by atoms with van der Waals surface area (Å²) in [6.45, 7) is -1.52. The minimum absolute atomic E-state index is 0.585. The first-order valence-electron chi connectivity index (χ1n) is 4.30. The van der Waals surface area contributed by atoms with E-state index in [9.17, 15) is 27.7 Å². The lowest BCUT2D eigenvalue weighted by atomic mass is 10.3. The van der Waals surface area contributed by atoms with E-state index >= 15 is 0 Å². The number of aromatic nitrogens is 2. The van der Waals surface area contributed by atoms with Gasteiger partial charge in [0.1, 0.15) is 6.33 Å². The summed E-state index contributed by atoms with van der Waals surface area (Å²) in [5.74, 6) is -4.99. The fraction of sp³-hybridized carbons (Fsp3) is 0.429. The SMILES string of the molecule is O=[N+]([O-])c1c(Cl)ncnc1NCC(F)(F)C(F)F.